The first-order valence-electron chi connectivity index (χ1n) is 13.9. The molecule has 3 aliphatic carbocycles. The number of anilines is 1. The first kappa shape index (κ1) is 22.7. The van der Waals surface area contributed by atoms with Crippen molar-refractivity contribution in [2.75, 3.05) is 25.0 Å². The molecule has 4 heteroatoms. The lowest BCUT2D eigenvalue weighted by atomic mass is 9.80. The Labute approximate surface area is 196 Å². The average molecular weight is 439 g/mol. The van der Waals surface area contributed by atoms with Crippen LogP contribution in [0.3, 0.4) is 0 Å². The lowest BCUT2D eigenvalue weighted by Crippen LogP contribution is -2.51. The van der Waals surface area contributed by atoms with Gasteiger partial charge in [0.1, 0.15) is 0 Å². The highest BCUT2D eigenvalue weighted by Crippen LogP contribution is 2.30. The van der Waals surface area contributed by atoms with E-state index in [4.69, 9.17) is 0 Å². The number of rotatable bonds is 0. The van der Waals surface area contributed by atoms with Crippen LogP contribution in [0, 0.1) is 17.8 Å². The van der Waals surface area contributed by atoms with E-state index in [1.807, 2.05) is 0 Å². The van der Waals surface area contributed by atoms with E-state index >= 15 is 0 Å². The van der Waals surface area contributed by atoms with Crippen LogP contribution in [-0.4, -0.2) is 37.8 Å². The summed E-state index contributed by atoms with van der Waals surface area (Å²) < 4.78 is 0. The zero-order chi connectivity index (χ0) is 21.6. The molecular formula is C28H46N4. The molecule has 4 nitrogen and oxygen atoms in total. The Morgan fingerprint density at radius 1 is 0.531 bits per heavy atom. The molecule has 0 bridgehead atoms. The fourth-order valence-electron chi connectivity index (χ4n) is 7.10. The van der Waals surface area contributed by atoms with Crippen molar-refractivity contribution in [1.82, 2.24) is 16.0 Å². The van der Waals surface area contributed by atoms with E-state index < -0.39 is 0 Å². The summed E-state index contributed by atoms with van der Waals surface area (Å²) >= 11 is 0. The Balaban J connectivity index is 1.34. The van der Waals surface area contributed by atoms with Gasteiger partial charge in [0.25, 0.3) is 0 Å². The molecule has 0 aromatic heterocycles. The van der Waals surface area contributed by atoms with Crippen LogP contribution < -0.4 is 21.3 Å². The molecule has 0 saturated heterocycles. The topological polar surface area (TPSA) is 48.1 Å². The van der Waals surface area contributed by atoms with Crippen molar-refractivity contribution in [1.29, 1.82) is 0 Å². The van der Waals surface area contributed by atoms with E-state index in [0.717, 1.165) is 30.8 Å². The molecule has 1 aliphatic heterocycles. The highest BCUT2D eigenvalue weighted by Gasteiger charge is 2.31. The van der Waals surface area contributed by atoms with Gasteiger partial charge in [-0.25, -0.2) is 0 Å². The number of hydrogen-bond donors (Lipinski definition) is 4. The summed E-state index contributed by atoms with van der Waals surface area (Å²) in [6.45, 7) is 4.50. The molecule has 6 atom stereocenters. The average Bonchev–Trinajstić information content (AvgIpc) is 2.85. The summed E-state index contributed by atoms with van der Waals surface area (Å²) in [6.07, 6.45) is 16.6. The Bertz CT molecular complexity index is 647. The first-order chi connectivity index (χ1) is 15.9. The Hall–Kier alpha value is -1.10. The van der Waals surface area contributed by atoms with Crippen LogP contribution >= 0.6 is 0 Å². The van der Waals surface area contributed by atoms with Gasteiger partial charge in [-0.15, -0.1) is 0 Å². The maximum absolute atomic E-state index is 4.10. The van der Waals surface area contributed by atoms with Gasteiger partial charge in [-0.05, 0) is 81.0 Å². The van der Waals surface area contributed by atoms with Gasteiger partial charge < -0.3 is 21.3 Å². The maximum Gasteiger partial charge on any atom is 0.0385 e. The van der Waals surface area contributed by atoms with Gasteiger partial charge in [0.15, 0.2) is 0 Å². The van der Waals surface area contributed by atoms with Crippen molar-refractivity contribution in [2.24, 2.45) is 17.8 Å². The Morgan fingerprint density at radius 2 is 1.03 bits per heavy atom. The van der Waals surface area contributed by atoms with E-state index in [0.29, 0.717) is 18.1 Å². The molecule has 3 fully saturated rings. The molecule has 1 aromatic rings. The minimum atomic E-state index is 0.653. The molecule has 5 rings (SSSR count). The quantitative estimate of drug-likeness (QED) is 0.457. The molecule has 4 aliphatic rings. The van der Waals surface area contributed by atoms with Gasteiger partial charge in [-0.1, -0.05) is 56.7 Å². The van der Waals surface area contributed by atoms with Crippen molar-refractivity contribution in [3.8, 4) is 0 Å². The van der Waals surface area contributed by atoms with Gasteiger partial charge in [0.2, 0.25) is 0 Å². The summed E-state index contributed by atoms with van der Waals surface area (Å²) in [5.41, 5.74) is 2.78. The van der Waals surface area contributed by atoms with E-state index in [1.54, 1.807) is 0 Å². The van der Waals surface area contributed by atoms with Crippen LogP contribution in [-0.2, 0) is 6.54 Å². The monoisotopic (exact) mass is 438 g/mol. The van der Waals surface area contributed by atoms with Crippen molar-refractivity contribution in [2.45, 2.75) is 102 Å². The number of para-hydroxylation sites is 1. The molecule has 0 amide bonds. The predicted molar refractivity (Wildman–Crippen MR) is 135 cm³/mol. The number of nitrogens with one attached hydrogen (secondary N) is 4. The van der Waals surface area contributed by atoms with Gasteiger partial charge in [0.05, 0.1) is 0 Å². The number of benzene rings is 1. The SMILES string of the molecule is c1ccc2c(c1)CNC1CCCCC1CNC1CCCCC1CNC1CCCCC1CN2. The second-order valence-corrected chi connectivity index (χ2v) is 11.2. The second-order valence-electron chi connectivity index (χ2n) is 11.2. The predicted octanol–water partition coefficient (Wildman–Crippen LogP) is 5.06. The first-order valence-corrected chi connectivity index (χ1v) is 13.9. The Morgan fingerprint density at radius 3 is 1.66 bits per heavy atom. The smallest absolute Gasteiger partial charge is 0.0385 e. The molecule has 32 heavy (non-hydrogen) atoms. The summed E-state index contributed by atoms with van der Waals surface area (Å²) in [4.78, 5) is 0. The molecule has 1 aromatic carbocycles. The molecule has 178 valence electrons. The number of hydrogen-bond acceptors (Lipinski definition) is 4. The lowest BCUT2D eigenvalue weighted by molar-refractivity contribution is 0.193. The van der Waals surface area contributed by atoms with Crippen molar-refractivity contribution in [3.05, 3.63) is 29.8 Å². The normalized spacial score (nSPS) is 37.1. The van der Waals surface area contributed by atoms with Crippen molar-refractivity contribution in [3.63, 3.8) is 0 Å². The van der Waals surface area contributed by atoms with E-state index in [1.165, 1.54) is 101 Å². The molecule has 3 saturated carbocycles. The van der Waals surface area contributed by atoms with Crippen molar-refractivity contribution < 1.29 is 0 Å². The van der Waals surface area contributed by atoms with Crippen molar-refractivity contribution >= 4 is 5.69 Å². The molecule has 0 radical (unpaired) electrons. The maximum atomic E-state index is 4.10. The van der Waals surface area contributed by atoms with E-state index in [-0.39, 0.29) is 0 Å². The van der Waals surface area contributed by atoms with Crippen LogP contribution in [0.2, 0.25) is 0 Å². The van der Waals surface area contributed by atoms with Crippen LogP contribution in [0.4, 0.5) is 5.69 Å². The van der Waals surface area contributed by atoms with E-state index in [9.17, 15) is 0 Å². The van der Waals surface area contributed by atoms with Crippen LogP contribution in [0.25, 0.3) is 0 Å². The van der Waals surface area contributed by atoms with Gasteiger partial charge in [-0.3, -0.25) is 0 Å². The summed E-state index contributed by atoms with van der Waals surface area (Å²) in [5, 5.41) is 16.1. The fraction of sp³-hybridized carbons (Fsp3) is 0.786. The van der Waals surface area contributed by atoms with Crippen LogP contribution in [0.5, 0.6) is 0 Å². The summed E-state index contributed by atoms with van der Waals surface area (Å²) in [7, 11) is 0. The lowest BCUT2D eigenvalue weighted by Gasteiger charge is -2.39. The zero-order valence-corrected chi connectivity index (χ0v) is 20.1. The zero-order valence-electron chi connectivity index (χ0n) is 20.1. The minimum Gasteiger partial charge on any atom is -0.384 e. The minimum absolute atomic E-state index is 0.653. The second kappa shape index (κ2) is 11.4. The van der Waals surface area contributed by atoms with Crippen LogP contribution in [0.1, 0.15) is 82.6 Å². The van der Waals surface area contributed by atoms with Gasteiger partial charge in [-0.2, -0.15) is 0 Å². The molecule has 6 unspecified atom stereocenters. The Kier molecular flexibility index (Phi) is 8.05. The fourth-order valence-corrected chi connectivity index (χ4v) is 7.10. The van der Waals surface area contributed by atoms with Crippen LogP contribution in [0.15, 0.2) is 24.3 Å². The third-order valence-electron chi connectivity index (χ3n) is 9.14. The molecule has 1 heterocycles. The highest BCUT2D eigenvalue weighted by molar-refractivity contribution is 5.51. The third kappa shape index (κ3) is 5.69. The largest absolute Gasteiger partial charge is 0.384 e. The molecule has 4 N–H and O–H groups in total. The summed E-state index contributed by atoms with van der Waals surface area (Å²) in [5.74, 6) is 2.33. The molecule has 0 spiro atoms. The third-order valence-corrected chi connectivity index (χ3v) is 9.14. The van der Waals surface area contributed by atoms with Gasteiger partial charge >= 0.3 is 0 Å². The summed E-state index contributed by atoms with van der Waals surface area (Å²) in [6, 6.07) is 11.1. The highest BCUT2D eigenvalue weighted by atomic mass is 15.0. The standard InChI is InChI=1S/C28H46N4/c1-5-13-25-21(9-1)17-29-26-14-6-2-11-23(26)19-31-28-16-8-4-12-24(28)20-32-27-15-7-3-10-22(27)18-30-25/h1,5,9,13,22-24,26-32H,2-4,6-8,10-12,14-20H2. The van der Waals surface area contributed by atoms with E-state index in [2.05, 4.69) is 45.5 Å². The van der Waals surface area contributed by atoms with Gasteiger partial charge in [0, 0.05) is 36.9 Å². The number of fused-ring (bicyclic) bond motifs is 4. The molecular weight excluding hydrogens is 392 g/mol.